The lowest BCUT2D eigenvalue weighted by Gasteiger charge is -2.33. The van der Waals surface area contributed by atoms with Crippen molar-refractivity contribution < 1.29 is 14.1 Å². The van der Waals surface area contributed by atoms with Gasteiger partial charge >= 0.3 is 0 Å². The first-order valence-electron chi connectivity index (χ1n) is 16.7. The molecule has 0 aliphatic rings. The van der Waals surface area contributed by atoms with E-state index in [0.717, 1.165) is 19.3 Å². The summed E-state index contributed by atoms with van der Waals surface area (Å²) in [7, 11) is 6.33. The van der Waals surface area contributed by atoms with Crippen LogP contribution >= 0.6 is 0 Å². The summed E-state index contributed by atoms with van der Waals surface area (Å²) in [5, 5.41) is 0. The number of hydrogen-bond donors (Lipinski definition) is 0. The number of carbonyl (C=O) groups is 2. The molecule has 0 amide bonds. The molecule has 0 N–H and O–H groups in total. The molecule has 0 heterocycles. The summed E-state index contributed by atoms with van der Waals surface area (Å²) in [6.07, 6.45) is 31.5. The molecule has 0 rings (SSSR count). The summed E-state index contributed by atoms with van der Waals surface area (Å²) in [5.74, 6) is 0.725. The molecule has 0 bridgehead atoms. The zero-order valence-corrected chi connectivity index (χ0v) is 26.2. The summed E-state index contributed by atoms with van der Waals surface area (Å²) in [6, 6.07) is -0.0376. The Labute approximate surface area is 233 Å². The van der Waals surface area contributed by atoms with Crippen molar-refractivity contribution >= 4 is 11.6 Å². The number of rotatable bonds is 29. The van der Waals surface area contributed by atoms with Gasteiger partial charge in [-0.2, -0.15) is 0 Å². The predicted molar refractivity (Wildman–Crippen MR) is 163 cm³/mol. The van der Waals surface area contributed by atoms with Crippen molar-refractivity contribution in [2.75, 3.05) is 21.1 Å². The van der Waals surface area contributed by atoms with Crippen LogP contribution in [0.1, 0.15) is 181 Å². The summed E-state index contributed by atoms with van der Waals surface area (Å²) >= 11 is 0. The third kappa shape index (κ3) is 24.1. The lowest BCUT2D eigenvalue weighted by atomic mass is 9.96. The molecule has 1 atom stereocenters. The van der Waals surface area contributed by atoms with Gasteiger partial charge in [-0.05, 0) is 12.8 Å². The average molecular weight is 523 g/mol. The molecule has 0 aliphatic heterocycles. The van der Waals surface area contributed by atoms with Crippen LogP contribution in [0.5, 0.6) is 0 Å². The SMILES string of the molecule is CCCCCCCCCCCCCC(=O)CCC(C(=O)CCCCCCCCCCCCC)[N+](C)(C)C. The Bertz CT molecular complexity index is 522. The third-order valence-electron chi connectivity index (χ3n) is 8.09. The predicted octanol–water partition coefficient (Wildman–Crippen LogP) is 10.4. The van der Waals surface area contributed by atoms with Crippen molar-refractivity contribution in [3.05, 3.63) is 0 Å². The summed E-state index contributed by atoms with van der Waals surface area (Å²) in [4.78, 5) is 25.5. The van der Waals surface area contributed by atoms with Crippen LogP contribution in [-0.4, -0.2) is 43.2 Å². The Morgan fingerprint density at radius 1 is 0.459 bits per heavy atom. The van der Waals surface area contributed by atoms with Crippen LogP contribution in [0.4, 0.5) is 0 Å². The van der Waals surface area contributed by atoms with Gasteiger partial charge in [0.2, 0.25) is 0 Å². The Hall–Kier alpha value is -0.700. The van der Waals surface area contributed by atoms with E-state index in [1.54, 1.807) is 0 Å². The van der Waals surface area contributed by atoms with Crippen LogP contribution in [0.2, 0.25) is 0 Å². The van der Waals surface area contributed by atoms with Crippen molar-refractivity contribution in [3.63, 3.8) is 0 Å². The maximum atomic E-state index is 13.0. The second-order valence-corrected chi connectivity index (χ2v) is 12.7. The fourth-order valence-electron chi connectivity index (χ4n) is 5.52. The van der Waals surface area contributed by atoms with Gasteiger partial charge in [-0.3, -0.25) is 9.59 Å². The second-order valence-electron chi connectivity index (χ2n) is 12.7. The fraction of sp³-hybridized carbons (Fsp3) is 0.941. The first-order chi connectivity index (χ1) is 17.8. The zero-order valence-electron chi connectivity index (χ0n) is 26.2. The van der Waals surface area contributed by atoms with Crippen LogP contribution in [0, 0.1) is 0 Å². The number of ketones is 2. The standard InChI is InChI=1S/C34H68NO2/c1-6-8-10-12-14-16-18-20-22-24-26-28-32(36)30-31-33(35(3,4)5)34(37)29-27-25-23-21-19-17-15-13-11-9-7-2/h33H,6-31H2,1-5H3/q+1. The molecule has 3 heteroatoms. The van der Waals surface area contributed by atoms with Gasteiger partial charge in [-0.15, -0.1) is 0 Å². The monoisotopic (exact) mass is 523 g/mol. The first-order valence-corrected chi connectivity index (χ1v) is 16.7. The minimum atomic E-state index is -0.0376. The summed E-state index contributed by atoms with van der Waals surface area (Å²) in [5.41, 5.74) is 0. The fourth-order valence-corrected chi connectivity index (χ4v) is 5.52. The molecule has 37 heavy (non-hydrogen) atoms. The molecule has 0 aromatic carbocycles. The van der Waals surface area contributed by atoms with Crippen LogP contribution in [0.25, 0.3) is 0 Å². The molecule has 0 saturated carbocycles. The molecule has 0 radical (unpaired) electrons. The summed E-state index contributed by atoms with van der Waals surface area (Å²) in [6.45, 7) is 4.54. The van der Waals surface area contributed by atoms with Crippen LogP contribution < -0.4 is 0 Å². The molecule has 0 saturated heterocycles. The normalized spacial score (nSPS) is 12.7. The highest BCUT2D eigenvalue weighted by Crippen LogP contribution is 2.18. The molecule has 0 aromatic heterocycles. The number of likely N-dealkylation sites (N-methyl/N-ethyl adjacent to an activating group) is 1. The average Bonchev–Trinajstić information content (AvgIpc) is 2.85. The molecular formula is C34H68NO2+. The Kier molecular flexibility index (Phi) is 25.1. The largest absolute Gasteiger partial charge is 0.322 e. The number of Topliss-reactive ketones (excluding diaryl/α,β-unsaturated/α-hetero) is 2. The van der Waals surface area contributed by atoms with E-state index in [9.17, 15) is 9.59 Å². The van der Waals surface area contributed by atoms with E-state index in [-0.39, 0.29) is 6.04 Å². The third-order valence-corrected chi connectivity index (χ3v) is 8.09. The smallest absolute Gasteiger partial charge is 0.189 e. The Balaban J connectivity index is 3.87. The molecule has 220 valence electrons. The number of hydrogen-bond acceptors (Lipinski definition) is 2. The maximum Gasteiger partial charge on any atom is 0.189 e. The minimum Gasteiger partial charge on any atom is -0.322 e. The summed E-state index contributed by atoms with van der Waals surface area (Å²) < 4.78 is 0.641. The van der Waals surface area contributed by atoms with Gasteiger partial charge in [0.1, 0.15) is 11.8 Å². The highest BCUT2D eigenvalue weighted by molar-refractivity contribution is 5.84. The zero-order chi connectivity index (χ0) is 27.6. The molecule has 3 nitrogen and oxygen atoms in total. The second kappa shape index (κ2) is 25.6. The van der Waals surface area contributed by atoms with E-state index >= 15 is 0 Å². The molecule has 0 spiro atoms. The minimum absolute atomic E-state index is 0.0376. The van der Waals surface area contributed by atoms with Crippen molar-refractivity contribution in [1.82, 2.24) is 0 Å². The van der Waals surface area contributed by atoms with Crippen molar-refractivity contribution in [2.45, 2.75) is 187 Å². The van der Waals surface area contributed by atoms with E-state index in [1.165, 1.54) is 128 Å². The number of quaternary nitrogens is 1. The van der Waals surface area contributed by atoms with E-state index in [0.29, 0.717) is 35.3 Å². The van der Waals surface area contributed by atoms with E-state index in [2.05, 4.69) is 35.0 Å². The van der Waals surface area contributed by atoms with E-state index in [1.807, 2.05) is 0 Å². The van der Waals surface area contributed by atoms with Gasteiger partial charge in [-0.25, -0.2) is 0 Å². The highest BCUT2D eigenvalue weighted by atomic mass is 16.1. The van der Waals surface area contributed by atoms with Gasteiger partial charge < -0.3 is 4.48 Å². The molecule has 0 fully saturated rings. The number of unbranched alkanes of at least 4 members (excludes halogenated alkanes) is 20. The van der Waals surface area contributed by atoms with Crippen LogP contribution in [-0.2, 0) is 9.59 Å². The van der Waals surface area contributed by atoms with Crippen molar-refractivity contribution in [3.8, 4) is 0 Å². The van der Waals surface area contributed by atoms with Gasteiger partial charge in [0.25, 0.3) is 0 Å². The van der Waals surface area contributed by atoms with Gasteiger partial charge in [0.15, 0.2) is 5.78 Å². The lowest BCUT2D eigenvalue weighted by molar-refractivity contribution is -0.886. The van der Waals surface area contributed by atoms with Crippen LogP contribution in [0.3, 0.4) is 0 Å². The van der Waals surface area contributed by atoms with Gasteiger partial charge in [-0.1, -0.05) is 142 Å². The molecular weight excluding hydrogens is 454 g/mol. The van der Waals surface area contributed by atoms with Gasteiger partial charge in [0.05, 0.1) is 21.1 Å². The number of carbonyl (C=O) groups excluding carboxylic acids is 2. The Morgan fingerprint density at radius 2 is 0.784 bits per heavy atom. The number of nitrogens with zero attached hydrogens (tertiary/aromatic N) is 1. The quantitative estimate of drug-likeness (QED) is 0.0723. The van der Waals surface area contributed by atoms with E-state index < -0.39 is 0 Å². The van der Waals surface area contributed by atoms with E-state index in [4.69, 9.17) is 0 Å². The molecule has 1 unspecified atom stereocenters. The van der Waals surface area contributed by atoms with Crippen LogP contribution in [0.15, 0.2) is 0 Å². The molecule has 0 aromatic rings. The first kappa shape index (κ1) is 36.3. The maximum absolute atomic E-state index is 13.0. The van der Waals surface area contributed by atoms with Gasteiger partial charge in [0, 0.05) is 25.7 Å². The lowest BCUT2D eigenvalue weighted by Crippen LogP contribution is -2.50. The van der Waals surface area contributed by atoms with Crippen molar-refractivity contribution in [2.24, 2.45) is 0 Å². The Morgan fingerprint density at radius 3 is 1.14 bits per heavy atom. The molecule has 0 aliphatic carbocycles. The topological polar surface area (TPSA) is 34.1 Å². The highest BCUT2D eigenvalue weighted by Gasteiger charge is 2.30. The van der Waals surface area contributed by atoms with Crippen molar-refractivity contribution in [1.29, 1.82) is 0 Å².